The molecule has 1 aromatic carbocycles. The van der Waals surface area contributed by atoms with Crippen LogP contribution in [0.1, 0.15) is 42.1 Å². The Labute approximate surface area is 165 Å². The molecule has 0 saturated carbocycles. The van der Waals surface area contributed by atoms with Gasteiger partial charge in [-0.2, -0.15) is 0 Å². The van der Waals surface area contributed by atoms with Gasteiger partial charge < -0.3 is 19.6 Å². The molecule has 3 rings (SSSR count). The van der Waals surface area contributed by atoms with Crippen LogP contribution in [-0.4, -0.2) is 59.5 Å². The molecule has 1 saturated heterocycles. The molecular weight excluding hydrogens is 356 g/mol. The molecule has 2 amide bonds. The minimum absolute atomic E-state index is 0.0188. The summed E-state index contributed by atoms with van der Waals surface area (Å²) in [7, 11) is 0. The number of carbonyl (C=O) groups is 2. The molecule has 1 N–H and O–H groups in total. The SMILES string of the molecule is CCc1ccc(C(=O)N(CCN2CCCCC2)CC(=O)Nc2ccon2)cc1. The fourth-order valence-electron chi connectivity index (χ4n) is 3.40. The predicted octanol–water partition coefficient (Wildman–Crippen LogP) is 2.80. The average Bonchev–Trinajstić information content (AvgIpc) is 3.24. The van der Waals surface area contributed by atoms with Crippen molar-refractivity contribution in [2.75, 3.05) is 38.0 Å². The lowest BCUT2D eigenvalue weighted by Gasteiger charge is -2.30. The second kappa shape index (κ2) is 10.0. The van der Waals surface area contributed by atoms with Crippen molar-refractivity contribution in [2.45, 2.75) is 32.6 Å². The molecule has 7 heteroatoms. The average molecular weight is 384 g/mol. The van der Waals surface area contributed by atoms with E-state index in [0.29, 0.717) is 17.9 Å². The Bertz CT molecular complexity index is 752. The number of piperidine rings is 1. The Hall–Kier alpha value is -2.67. The van der Waals surface area contributed by atoms with Gasteiger partial charge in [0.25, 0.3) is 5.91 Å². The first-order valence-electron chi connectivity index (χ1n) is 9.96. The number of benzene rings is 1. The van der Waals surface area contributed by atoms with Gasteiger partial charge in [-0.15, -0.1) is 0 Å². The Kier molecular flexibility index (Phi) is 7.19. The molecule has 0 bridgehead atoms. The highest BCUT2D eigenvalue weighted by Gasteiger charge is 2.21. The van der Waals surface area contributed by atoms with Crippen LogP contribution in [0, 0.1) is 0 Å². The van der Waals surface area contributed by atoms with Crippen LogP contribution in [-0.2, 0) is 11.2 Å². The van der Waals surface area contributed by atoms with Gasteiger partial charge in [0.15, 0.2) is 5.82 Å². The maximum atomic E-state index is 13.0. The number of nitrogens with one attached hydrogen (secondary N) is 1. The lowest BCUT2D eigenvalue weighted by molar-refractivity contribution is -0.117. The minimum atomic E-state index is -0.286. The molecule has 0 atom stereocenters. The molecule has 2 aromatic rings. The number of aromatic nitrogens is 1. The fourth-order valence-corrected chi connectivity index (χ4v) is 3.40. The number of rotatable bonds is 8. The molecule has 2 heterocycles. The molecule has 1 aliphatic heterocycles. The van der Waals surface area contributed by atoms with Crippen LogP contribution in [0.25, 0.3) is 0 Å². The minimum Gasteiger partial charge on any atom is -0.363 e. The molecule has 7 nitrogen and oxygen atoms in total. The molecule has 150 valence electrons. The highest BCUT2D eigenvalue weighted by Crippen LogP contribution is 2.12. The van der Waals surface area contributed by atoms with E-state index >= 15 is 0 Å². The molecule has 28 heavy (non-hydrogen) atoms. The summed E-state index contributed by atoms with van der Waals surface area (Å²) in [5.41, 5.74) is 1.78. The van der Waals surface area contributed by atoms with E-state index in [9.17, 15) is 9.59 Å². The largest absolute Gasteiger partial charge is 0.363 e. The standard InChI is InChI=1S/C21H28N4O3/c1-2-17-6-8-18(9-7-17)21(27)25(14-13-24-11-4-3-5-12-24)16-20(26)22-19-10-15-28-23-19/h6-10,15H,2-5,11-14,16H2,1H3,(H,22,23,26). The van der Waals surface area contributed by atoms with Crippen LogP contribution >= 0.6 is 0 Å². The van der Waals surface area contributed by atoms with Gasteiger partial charge in [0, 0.05) is 24.7 Å². The highest BCUT2D eigenvalue weighted by atomic mass is 16.5. The van der Waals surface area contributed by atoms with Gasteiger partial charge in [0.05, 0.1) is 0 Å². The topological polar surface area (TPSA) is 78.7 Å². The van der Waals surface area contributed by atoms with E-state index in [-0.39, 0.29) is 18.4 Å². The third kappa shape index (κ3) is 5.66. The number of aryl methyl sites for hydroxylation is 1. The van der Waals surface area contributed by atoms with Crippen molar-refractivity contribution < 1.29 is 14.1 Å². The molecule has 1 fully saturated rings. The van der Waals surface area contributed by atoms with E-state index in [0.717, 1.165) is 26.1 Å². The van der Waals surface area contributed by atoms with E-state index in [1.165, 1.54) is 31.1 Å². The van der Waals surface area contributed by atoms with Crippen LogP contribution in [0.2, 0.25) is 0 Å². The van der Waals surface area contributed by atoms with Gasteiger partial charge in [-0.25, -0.2) is 0 Å². The van der Waals surface area contributed by atoms with Crippen molar-refractivity contribution in [1.29, 1.82) is 0 Å². The summed E-state index contributed by atoms with van der Waals surface area (Å²) in [5.74, 6) is -0.0678. The first-order chi connectivity index (χ1) is 13.7. The van der Waals surface area contributed by atoms with E-state index < -0.39 is 0 Å². The summed E-state index contributed by atoms with van der Waals surface area (Å²) in [6, 6.07) is 9.17. The highest BCUT2D eigenvalue weighted by molar-refractivity contribution is 5.99. The zero-order valence-electron chi connectivity index (χ0n) is 16.4. The normalized spacial score (nSPS) is 14.6. The summed E-state index contributed by atoms with van der Waals surface area (Å²) >= 11 is 0. The molecule has 0 spiro atoms. The summed E-state index contributed by atoms with van der Waals surface area (Å²) in [6.07, 6.45) is 5.97. The molecule has 1 aliphatic rings. The lowest BCUT2D eigenvalue weighted by Crippen LogP contribution is -2.43. The van der Waals surface area contributed by atoms with Gasteiger partial charge in [-0.3, -0.25) is 9.59 Å². The smallest absolute Gasteiger partial charge is 0.254 e. The number of carbonyl (C=O) groups excluding carboxylic acids is 2. The molecule has 0 radical (unpaired) electrons. The van der Waals surface area contributed by atoms with Crippen molar-refractivity contribution in [3.63, 3.8) is 0 Å². The number of hydrogen-bond acceptors (Lipinski definition) is 5. The predicted molar refractivity (Wildman–Crippen MR) is 107 cm³/mol. The number of hydrogen-bond donors (Lipinski definition) is 1. The summed E-state index contributed by atoms with van der Waals surface area (Å²) in [6.45, 7) is 5.46. The number of nitrogens with zero attached hydrogens (tertiary/aromatic N) is 3. The summed E-state index contributed by atoms with van der Waals surface area (Å²) in [5, 5.41) is 6.35. The monoisotopic (exact) mass is 384 g/mol. The second-order valence-electron chi connectivity index (χ2n) is 7.11. The van der Waals surface area contributed by atoms with Crippen LogP contribution in [0.15, 0.2) is 41.1 Å². The van der Waals surface area contributed by atoms with Crippen LogP contribution in [0.4, 0.5) is 5.82 Å². The first-order valence-corrected chi connectivity index (χ1v) is 9.96. The summed E-state index contributed by atoms with van der Waals surface area (Å²) in [4.78, 5) is 29.4. The lowest BCUT2D eigenvalue weighted by atomic mass is 10.1. The fraction of sp³-hybridized carbons (Fsp3) is 0.476. The quantitative estimate of drug-likeness (QED) is 0.757. The third-order valence-electron chi connectivity index (χ3n) is 5.07. The van der Waals surface area contributed by atoms with Crippen LogP contribution in [0.3, 0.4) is 0 Å². The molecule has 1 aromatic heterocycles. The van der Waals surface area contributed by atoms with Gasteiger partial charge in [0.1, 0.15) is 12.8 Å². The second-order valence-corrected chi connectivity index (χ2v) is 7.11. The zero-order chi connectivity index (χ0) is 19.8. The number of likely N-dealkylation sites (tertiary alicyclic amines) is 1. The van der Waals surface area contributed by atoms with Gasteiger partial charge >= 0.3 is 0 Å². The van der Waals surface area contributed by atoms with E-state index in [1.54, 1.807) is 11.0 Å². The maximum absolute atomic E-state index is 13.0. The van der Waals surface area contributed by atoms with Crippen molar-refractivity contribution in [2.24, 2.45) is 0 Å². The number of amides is 2. The van der Waals surface area contributed by atoms with Gasteiger partial charge in [-0.1, -0.05) is 30.6 Å². The van der Waals surface area contributed by atoms with Crippen molar-refractivity contribution >= 4 is 17.6 Å². The van der Waals surface area contributed by atoms with Gasteiger partial charge in [0.2, 0.25) is 5.91 Å². The first kappa shape index (κ1) is 20.1. The Morgan fingerprint density at radius 3 is 2.54 bits per heavy atom. The Morgan fingerprint density at radius 1 is 1.14 bits per heavy atom. The van der Waals surface area contributed by atoms with Crippen LogP contribution < -0.4 is 5.32 Å². The van der Waals surface area contributed by atoms with Crippen LogP contribution in [0.5, 0.6) is 0 Å². The summed E-state index contributed by atoms with van der Waals surface area (Å²) < 4.78 is 4.73. The zero-order valence-corrected chi connectivity index (χ0v) is 16.4. The Morgan fingerprint density at radius 2 is 1.89 bits per heavy atom. The van der Waals surface area contributed by atoms with E-state index in [4.69, 9.17) is 4.52 Å². The van der Waals surface area contributed by atoms with Crippen molar-refractivity contribution in [1.82, 2.24) is 15.0 Å². The molecule has 0 aliphatic carbocycles. The van der Waals surface area contributed by atoms with Gasteiger partial charge in [-0.05, 0) is 50.0 Å². The number of anilines is 1. The van der Waals surface area contributed by atoms with E-state index in [1.807, 2.05) is 24.3 Å². The maximum Gasteiger partial charge on any atom is 0.254 e. The molecular formula is C21H28N4O3. The van der Waals surface area contributed by atoms with E-state index in [2.05, 4.69) is 22.3 Å². The molecule has 0 unspecified atom stereocenters. The Balaban J connectivity index is 1.66. The third-order valence-corrected chi connectivity index (χ3v) is 5.07. The van der Waals surface area contributed by atoms with Crippen molar-refractivity contribution in [3.8, 4) is 0 Å². The van der Waals surface area contributed by atoms with Crippen molar-refractivity contribution in [3.05, 3.63) is 47.7 Å².